The quantitative estimate of drug-likeness (QED) is 0.772. The minimum absolute atomic E-state index is 0.504. The van der Waals surface area contributed by atoms with Gasteiger partial charge in [-0.05, 0) is 34.1 Å². The summed E-state index contributed by atoms with van der Waals surface area (Å²) >= 11 is 4.98. The highest BCUT2D eigenvalue weighted by Crippen LogP contribution is 2.36. The molecule has 0 unspecified atom stereocenters. The van der Waals surface area contributed by atoms with E-state index in [0.717, 1.165) is 36.0 Å². The third-order valence-electron chi connectivity index (χ3n) is 2.37. The number of halogens is 4. The van der Waals surface area contributed by atoms with E-state index in [-0.39, 0.29) is 0 Å². The van der Waals surface area contributed by atoms with Gasteiger partial charge in [-0.2, -0.15) is 13.2 Å². The zero-order valence-electron chi connectivity index (χ0n) is 8.22. The van der Waals surface area contributed by atoms with Gasteiger partial charge in [-0.15, -0.1) is 11.8 Å². The summed E-state index contributed by atoms with van der Waals surface area (Å²) < 4.78 is 37.8. The van der Waals surface area contributed by atoms with Crippen molar-refractivity contribution in [3.8, 4) is 0 Å². The van der Waals surface area contributed by atoms with Crippen molar-refractivity contribution >= 4 is 33.4 Å². The van der Waals surface area contributed by atoms with E-state index in [4.69, 9.17) is 0 Å². The Morgan fingerprint density at radius 1 is 1.31 bits per heavy atom. The molecule has 16 heavy (non-hydrogen) atoms. The zero-order valence-corrected chi connectivity index (χ0v) is 10.6. The lowest BCUT2D eigenvalue weighted by molar-refractivity contribution is -0.137. The molecule has 0 amide bonds. The Hall–Kier alpha value is -0.360. The van der Waals surface area contributed by atoms with Crippen LogP contribution in [0.3, 0.4) is 0 Å². The van der Waals surface area contributed by atoms with Gasteiger partial charge >= 0.3 is 6.18 Å². The summed E-state index contributed by atoms with van der Waals surface area (Å²) in [5.74, 6) is 1.86. The number of alkyl halides is 3. The summed E-state index contributed by atoms with van der Waals surface area (Å²) in [6, 6.07) is 3.79. The number of hydrogen-bond acceptors (Lipinski definition) is 2. The highest BCUT2D eigenvalue weighted by Gasteiger charge is 2.31. The van der Waals surface area contributed by atoms with Crippen molar-refractivity contribution in [2.24, 2.45) is 0 Å². The second kappa shape index (κ2) is 4.49. The van der Waals surface area contributed by atoms with Gasteiger partial charge in [-0.3, -0.25) is 0 Å². The highest BCUT2D eigenvalue weighted by atomic mass is 79.9. The first-order valence-electron chi connectivity index (χ1n) is 4.68. The number of rotatable bonds is 1. The van der Waals surface area contributed by atoms with E-state index in [1.165, 1.54) is 6.07 Å². The van der Waals surface area contributed by atoms with Crippen LogP contribution in [-0.4, -0.2) is 18.2 Å². The van der Waals surface area contributed by atoms with E-state index in [1.807, 2.05) is 0 Å². The van der Waals surface area contributed by atoms with Crippen molar-refractivity contribution in [1.82, 2.24) is 0 Å². The molecule has 1 saturated heterocycles. The number of nitrogens with zero attached hydrogens (tertiary/aromatic N) is 1. The summed E-state index contributed by atoms with van der Waals surface area (Å²) in [4.78, 5) is 2.06. The molecular weight excluding hydrogens is 303 g/mol. The summed E-state index contributed by atoms with van der Waals surface area (Å²) in [6.45, 7) is 0.884. The lowest BCUT2D eigenvalue weighted by Gasteiger charge is -2.19. The second-order valence-corrected chi connectivity index (χ2v) is 5.39. The van der Waals surface area contributed by atoms with E-state index in [9.17, 15) is 13.2 Å². The van der Waals surface area contributed by atoms with Gasteiger partial charge in [-0.1, -0.05) is 0 Å². The third kappa shape index (κ3) is 2.48. The Morgan fingerprint density at radius 3 is 2.56 bits per heavy atom. The van der Waals surface area contributed by atoms with Crippen LogP contribution in [0.15, 0.2) is 22.7 Å². The molecule has 6 heteroatoms. The average Bonchev–Trinajstić information content (AvgIpc) is 2.69. The maximum Gasteiger partial charge on any atom is 0.416 e. The Labute approximate surface area is 104 Å². The van der Waals surface area contributed by atoms with Crippen molar-refractivity contribution < 1.29 is 13.2 Å². The average molecular weight is 312 g/mol. The van der Waals surface area contributed by atoms with Gasteiger partial charge in [0.1, 0.15) is 0 Å². The zero-order chi connectivity index (χ0) is 11.8. The molecule has 1 nitrogen and oxygen atoms in total. The molecule has 1 aliphatic rings. The van der Waals surface area contributed by atoms with Crippen LogP contribution in [0.2, 0.25) is 0 Å². The fourth-order valence-corrected chi connectivity index (χ4v) is 3.14. The van der Waals surface area contributed by atoms with Crippen LogP contribution in [0, 0.1) is 0 Å². The fraction of sp³-hybridized carbons (Fsp3) is 0.400. The molecule has 1 aliphatic heterocycles. The first kappa shape index (κ1) is 12.1. The van der Waals surface area contributed by atoms with Crippen LogP contribution in [0.25, 0.3) is 0 Å². The maximum atomic E-state index is 12.4. The van der Waals surface area contributed by atoms with Crippen molar-refractivity contribution in [2.75, 3.05) is 23.1 Å². The lowest BCUT2D eigenvalue weighted by atomic mass is 10.2. The predicted molar refractivity (Wildman–Crippen MR) is 63.8 cm³/mol. The van der Waals surface area contributed by atoms with E-state index >= 15 is 0 Å². The van der Waals surface area contributed by atoms with E-state index < -0.39 is 11.7 Å². The number of anilines is 1. The van der Waals surface area contributed by atoms with Gasteiger partial charge in [0.15, 0.2) is 0 Å². The molecule has 0 aliphatic carbocycles. The molecule has 1 aromatic carbocycles. The highest BCUT2D eigenvalue weighted by molar-refractivity contribution is 9.10. The Balaban J connectivity index is 2.29. The van der Waals surface area contributed by atoms with Crippen LogP contribution in [0.5, 0.6) is 0 Å². The van der Waals surface area contributed by atoms with Gasteiger partial charge < -0.3 is 4.90 Å². The second-order valence-electron chi connectivity index (χ2n) is 3.46. The van der Waals surface area contributed by atoms with Gasteiger partial charge in [0.25, 0.3) is 0 Å². The number of thioether (sulfide) groups is 1. The van der Waals surface area contributed by atoms with E-state index in [0.29, 0.717) is 4.47 Å². The molecule has 0 saturated carbocycles. The largest absolute Gasteiger partial charge is 0.416 e. The van der Waals surface area contributed by atoms with E-state index in [2.05, 4.69) is 20.8 Å². The summed E-state index contributed by atoms with van der Waals surface area (Å²) in [5, 5.41) is 0. The monoisotopic (exact) mass is 311 g/mol. The predicted octanol–water partition coefficient (Wildman–Crippen LogP) is 3.98. The molecule has 0 aromatic heterocycles. The van der Waals surface area contributed by atoms with Crippen LogP contribution in [0.1, 0.15) is 5.56 Å². The van der Waals surface area contributed by atoms with Crippen LogP contribution in [0.4, 0.5) is 18.9 Å². The topological polar surface area (TPSA) is 3.24 Å². The molecular formula is C10H9BrF3NS. The molecule has 0 bridgehead atoms. The maximum absolute atomic E-state index is 12.4. The van der Waals surface area contributed by atoms with Crippen molar-refractivity contribution in [3.63, 3.8) is 0 Å². The van der Waals surface area contributed by atoms with Gasteiger partial charge in [0, 0.05) is 16.8 Å². The third-order valence-corrected chi connectivity index (χ3v) is 3.97. The molecule has 1 heterocycles. The lowest BCUT2D eigenvalue weighted by Crippen LogP contribution is -2.18. The van der Waals surface area contributed by atoms with E-state index in [1.54, 1.807) is 11.8 Å². The molecule has 0 spiro atoms. The summed E-state index contributed by atoms with van der Waals surface area (Å²) in [6.07, 6.45) is -4.28. The normalized spacial score (nSPS) is 16.9. The Kier molecular flexibility index (Phi) is 3.39. The van der Waals surface area contributed by atoms with Crippen LogP contribution in [-0.2, 0) is 6.18 Å². The molecule has 0 radical (unpaired) electrons. The summed E-state index contributed by atoms with van der Waals surface area (Å²) in [7, 11) is 0. The molecule has 0 N–H and O–H groups in total. The van der Waals surface area contributed by atoms with Crippen molar-refractivity contribution in [1.29, 1.82) is 0 Å². The van der Waals surface area contributed by atoms with Gasteiger partial charge in [0.2, 0.25) is 0 Å². The molecule has 2 rings (SSSR count). The fourth-order valence-electron chi connectivity index (χ4n) is 1.54. The van der Waals surface area contributed by atoms with Crippen LogP contribution < -0.4 is 4.90 Å². The smallest absolute Gasteiger partial charge is 0.361 e. The minimum Gasteiger partial charge on any atom is -0.361 e. The standard InChI is InChI=1S/C10H9BrF3NS/c11-8-5-7(10(12,13)14)1-2-9(8)15-3-4-16-6-15/h1-2,5H,3-4,6H2. The Bertz CT molecular complexity index is 388. The SMILES string of the molecule is FC(F)(F)c1ccc(N2CCSC2)c(Br)c1. The first-order chi connectivity index (χ1) is 7.48. The van der Waals surface area contributed by atoms with Crippen molar-refractivity contribution in [2.45, 2.75) is 6.18 Å². The van der Waals surface area contributed by atoms with Gasteiger partial charge in [-0.25, -0.2) is 0 Å². The minimum atomic E-state index is -4.28. The van der Waals surface area contributed by atoms with Crippen LogP contribution >= 0.6 is 27.7 Å². The number of benzene rings is 1. The Morgan fingerprint density at radius 2 is 2.06 bits per heavy atom. The first-order valence-corrected chi connectivity index (χ1v) is 6.63. The van der Waals surface area contributed by atoms with Crippen molar-refractivity contribution in [3.05, 3.63) is 28.2 Å². The van der Waals surface area contributed by atoms with Gasteiger partial charge in [0.05, 0.1) is 17.1 Å². The summed E-state index contributed by atoms with van der Waals surface area (Å²) in [5.41, 5.74) is 0.216. The molecule has 0 atom stereocenters. The molecule has 1 fully saturated rings. The molecule has 88 valence electrons. The number of hydrogen-bond donors (Lipinski definition) is 0. The molecule has 1 aromatic rings.